The molecule has 0 aliphatic rings. The van der Waals surface area contributed by atoms with Crippen LogP contribution in [0, 0.1) is 0 Å². The van der Waals surface area contributed by atoms with Crippen LogP contribution in [0.3, 0.4) is 0 Å². The molecule has 1 N–H and O–H groups in total. The van der Waals surface area contributed by atoms with Crippen LogP contribution >= 0.6 is 23.2 Å². The molecule has 0 amide bonds. The summed E-state index contributed by atoms with van der Waals surface area (Å²) in [5.74, 6) is -0.195. The Bertz CT molecular complexity index is 410. The zero-order valence-corrected chi connectivity index (χ0v) is 12.0. The lowest BCUT2D eigenvalue weighted by atomic mass is 10.1. The lowest BCUT2D eigenvalue weighted by molar-refractivity contribution is -0.143. The molecular weight excluding hydrogens is 273 g/mol. The van der Waals surface area contributed by atoms with Crippen LogP contribution in [0.2, 0.25) is 10.0 Å². The number of benzene rings is 1. The summed E-state index contributed by atoms with van der Waals surface area (Å²) >= 11 is 11.9. The van der Waals surface area contributed by atoms with Crippen LogP contribution in [0.25, 0.3) is 0 Å². The molecule has 0 heterocycles. The summed E-state index contributed by atoms with van der Waals surface area (Å²) in [5, 5.41) is 4.46. The standard InChI is InChI=1S/C13H17Cl2NO2/c1-3-18-13(17)6-7-16-9(2)11-5-4-10(14)8-12(11)15/h4-5,8-9,16H,3,6-7H2,1-2H3. The van der Waals surface area contributed by atoms with E-state index in [1.807, 2.05) is 13.0 Å². The first kappa shape index (κ1) is 15.3. The van der Waals surface area contributed by atoms with Crippen LogP contribution in [-0.4, -0.2) is 19.1 Å². The van der Waals surface area contributed by atoms with Crippen LogP contribution in [-0.2, 0) is 9.53 Å². The Labute approximate surface area is 117 Å². The van der Waals surface area contributed by atoms with Crippen molar-refractivity contribution >= 4 is 29.2 Å². The van der Waals surface area contributed by atoms with E-state index in [1.165, 1.54) is 0 Å². The molecule has 1 atom stereocenters. The van der Waals surface area contributed by atoms with Gasteiger partial charge in [-0.15, -0.1) is 0 Å². The van der Waals surface area contributed by atoms with Crippen molar-refractivity contribution in [3.05, 3.63) is 33.8 Å². The molecule has 5 heteroatoms. The fraction of sp³-hybridized carbons (Fsp3) is 0.462. The third-order valence-electron chi connectivity index (χ3n) is 2.51. The summed E-state index contributed by atoms with van der Waals surface area (Å²) in [6.45, 7) is 4.75. The molecular formula is C13H17Cl2NO2. The predicted molar refractivity (Wildman–Crippen MR) is 74.1 cm³/mol. The third-order valence-corrected chi connectivity index (χ3v) is 3.08. The van der Waals surface area contributed by atoms with Gasteiger partial charge in [0, 0.05) is 22.6 Å². The quantitative estimate of drug-likeness (QED) is 0.814. The molecule has 18 heavy (non-hydrogen) atoms. The Morgan fingerprint density at radius 1 is 1.44 bits per heavy atom. The van der Waals surface area contributed by atoms with Crippen molar-refractivity contribution in [3.63, 3.8) is 0 Å². The van der Waals surface area contributed by atoms with E-state index in [0.29, 0.717) is 29.6 Å². The van der Waals surface area contributed by atoms with Crippen molar-refractivity contribution in [1.82, 2.24) is 5.32 Å². The Balaban J connectivity index is 2.45. The second kappa shape index (κ2) is 7.62. The molecule has 0 saturated heterocycles. The van der Waals surface area contributed by atoms with Gasteiger partial charge in [-0.3, -0.25) is 4.79 Å². The molecule has 0 bridgehead atoms. The molecule has 0 radical (unpaired) electrons. The normalized spacial score (nSPS) is 12.2. The topological polar surface area (TPSA) is 38.3 Å². The minimum atomic E-state index is -0.195. The zero-order valence-electron chi connectivity index (χ0n) is 10.5. The molecule has 1 unspecified atom stereocenters. The van der Waals surface area contributed by atoms with Gasteiger partial charge in [0.25, 0.3) is 0 Å². The first-order valence-electron chi connectivity index (χ1n) is 5.88. The Morgan fingerprint density at radius 2 is 2.17 bits per heavy atom. The highest BCUT2D eigenvalue weighted by molar-refractivity contribution is 6.35. The highest BCUT2D eigenvalue weighted by Gasteiger charge is 2.10. The molecule has 0 aromatic heterocycles. The maximum absolute atomic E-state index is 11.2. The summed E-state index contributed by atoms with van der Waals surface area (Å²) in [7, 11) is 0. The molecule has 3 nitrogen and oxygen atoms in total. The van der Waals surface area contributed by atoms with Crippen LogP contribution in [0.1, 0.15) is 31.9 Å². The summed E-state index contributed by atoms with van der Waals surface area (Å²) < 4.78 is 4.85. The number of hydrogen-bond acceptors (Lipinski definition) is 3. The minimum Gasteiger partial charge on any atom is -0.466 e. The second-order valence-corrected chi connectivity index (χ2v) is 4.74. The monoisotopic (exact) mass is 289 g/mol. The van der Waals surface area contributed by atoms with Gasteiger partial charge >= 0.3 is 5.97 Å². The lowest BCUT2D eigenvalue weighted by Crippen LogP contribution is -2.23. The van der Waals surface area contributed by atoms with E-state index in [2.05, 4.69) is 5.32 Å². The largest absolute Gasteiger partial charge is 0.466 e. The average Bonchev–Trinajstić information content (AvgIpc) is 2.29. The van der Waals surface area contributed by atoms with Crippen molar-refractivity contribution in [2.45, 2.75) is 26.3 Å². The van der Waals surface area contributed by atoms with Gasteiger partial charge in [0.2, 0.25) is 0 Å². The number of carbonyl (C=O) groups is 1. The number of nitrogens with one attached hydrogen (secondary N) is 1. The van der Waals surface area contributed by atoms with E-state index in [9.17, 15) is 4.79 Å². The first-order chi connectivity index (χ1) is 8.54. The number of esters is 1. The third kappa shape index (κ3) is 4.84. The zero-order chi connectivity index (χ0) is 13.5. The molecule has 100 valence electrons. The maximum atomic E-state index is 11.2. The second-order valence-electron chi connectivity index (χ2n) is 3.90. The average molecular weight is 290 g/mol. The Morgan fingerprint density at radius 3 is 2.78 bits per heavy atom. The van der Waals surface area contributed by atoms with Gasteiger partial charge in [-0.05, 0) is 31.5 Å². The number of ether oxygens (including phenoxy) is 1. The van der Waals surface area contributed by atoms with Crippen LogP contribution in [0.4, 0.5) is 0 Å². The van der Waals surface area contributed by atoms with Crippen molar-refractivity contribution in [2.75, 3.05) is 13.2 Å². The molecule has 0 fully saturated rings. The van der Waals surface area contributed by atoms with E-state index < -0.39 is 0 Å². The van der Waals surface area contributed by atoms with Gasteiger partial charge < -0.3 is 10.1 Å². The van der Waals surface area contributed by atoms with Crippen LogP contribution in [0.15, 0.2) is 18.2 Å². The number of hydrogen-bond donors (Lipinski definition) is 1. The Kier molecular flexibility index (Phi) is 6.47. The molecule has 0 spiro atoms. The highest BCUT2D eigenvalue weighted by atomic mass is 35.5. The molecule has 0 aliphatic carbocycles. The van der Waals surface area contributed by atoms with E-state index in [-0.39, 0.29) is 12.0 Å². The summed E-state index contributed by atoms with van der Waals surface area (Å²) in [6.07, 6.45) is 0.351. The van der Waals surface area contributed by atoms with Crippen LogP contribution in [0.5, 0.6) is 0 Å². The highest BCUT2D eigenvalue weighted by Crippen LogP contribution is 2.25. The van der Waals surface area contributed by atoms with Crippen molar-refractivity contribution in [3.8, 4) is 0 Å². The fourth-order valence-electron chi connectivity index (χ4n) is 1.59. The van der Waals surface area contributed by atoms with E-state index in [4.69, 9.17) is 27.9 Å². The van der Waals surface area contributed by atoms with Gasteiger partial charge in [-0.2, -0.15) is 0 Å². The van der Waals surface area contributed by atoms with E-state index in [1.54, 1.807) is 19.1 Å². The molecule has 1 rings (SSSR count). The molecule has 0 aliphatic heterocycles. The first-order valence-corrected chi connectivity index (χ1v) is 6.64. The van der Waals surface area contributed by atoms with E-state index in [0.717, 1.165) is 5.56 Å². The maximum Gasteiger partial charge on any atom is 0.307 e. The SMILES string of the molecule is CCOC(=O)CCNC(C)c1ccc(Cl)cc1Cl. The summed E-state index contributed by atoms with van der Waals surface area (Å²) in [6, 6.07) is 5.45. The van der Waals surface area contributed by atoms with Crippen LogP contribution < -0.4 is 5.32 Å². The summed E-state index contributed by atoms with van der Waals surface area (Å²) in [5.41, 5.74) is 0.963. The lowest BCUT2D eigenvalue weighted by Gasteiger charge is -2.15. The van der Waals surface area contributed by atoms with Crippen molar-refractivity contribution in [2.24, 2.45) is 0 Å². The van der Waals surface area contributed by atoms with Gasteiger partial charge in [0.1, 0.15) is 0 Å². The number of rotatable bonds is 6. The van der Waals surface area contributed by atoms with Crippen molar-refractivity contribution in [1.29, 1.82) is 0 Å². The Hall–Kier alpha value is -0.770. The van der Waals surface area contributed by atoms with E-state index >= 15 is 0 Å². The number of carbonyl (C=O) groups excluding carboxylic acids is 1. The number of halogens is 2. The fourth-order valence-corrected chi connectivity index (χ4v) is 2.16. The van der Waals surface area contributed by atoms with Crippen molar-refractivity contribution < 1.29 is 9.53 Å². The van der Waals surface area contributed by atoms with Gasteiger partial charge in [-0.1, -0.05) is 29.3 Å². The molecule has 0 saturated carbocycles. The van der Waals surface area contributed by atoms with Gasteiger partial charge in [0.15, 0.2) is 0 Å². The summed E-state index contributed by atoms with van der Waals surface area (Å²) in [4.78, 5) is 11.2. The minimum absolute atomic E-state index is 0.0594. The molecule has 1 aromatic rings. The van der Waals surface area contributed by atoms with Gasteiger partial charge in [0.05, 0.1) is 13.0 Å². The molecule has 1 aromatic carbocycles. The smallest absolute Gasteiger partial charge is 0.307 e. The predicted octanol–water partition coefficient (Wildman–Crippen LogP) is 3.60. The van der Waals surface area contributed by atoms with Gasteiger partial charge in [-0.25, -0.2) is 0 Å².